The molecule has 0 saturated heterocycles. The molecule has 0 aliphatic rings. The number of rotatable bonds is 1. The van der Waals surface area contributed by atoms with Crippen LogP contribution in [0.25, 0.3) is 20.5 Å². The molecule has 1 heterocycles. The Hall–Kier alpha value is -1.95. The Kier molecular flexibility index (Phi) is 3.20. The van der Waals surface area contributed by atoms with Crippen LogP contribution in [0, 0.1) is 11.6 Å². The molecule has 21 heavy (non-hydrogen) atoms. The Morgan fingerprint density at radius 3 is 2.24 bits per heavy atom. The largest absolute Gasteiger partial charge is 0.601 e. The molecule has 108 valence electrons. The van der Waals surface area contributed by atoms with Gasteiger partial charge in [0, 0.05) is 17.5 Å². The van der Waals surface area contributed by atoms with E-state index in [4.69, 9.17) is 0 Å². The van der Waals surface area contributed by atoms with Crippen molar-refractivity contribution in [3.63, 3.8) is 0 Å². The fourth-order valence-corrected chi connectivity index (χ4v) is 4.17. The van der Waals surface area contributed by atoms with E-state index in [1.165, 1.54) is 18.2 Å². The first-order valence-corrected chi connectivity index (χ1v) is 7.17. The monoisotopic (exact) mass is 315 g/mol. The number of thiophene rings is 1. The molecular weight excluding hydrogens is 307 g/mol. The Morgan fingerprint density at radius 1 is 0.857 bits per heavy atom. The van der Waals surface area contributed by atoms with Gasteiger partial charge in [0.2, 0.25) is 0 Å². The van der Waals surface area contributed by atoms with Crippen LogP contribution < -0.4 is 0 Å². The summed E-state index contributed by atoms with van der Waals surface area (Å²) in [5, 5.41) is 0.414. The lowest BCUT2D eigenvalue weighted by atomic mass is 10.1. The molecule has 0 nitrogen and oxygen atoms in total. The molecule has 0 fully saturated rings. The van der Waals surface area contributed by atoms with Crippen LogP contribution in [0.2, 0.25) is 0 Å². The Morgan fingerprint density at radius 2 is 1.57 bits per heavy atom. The van der Waals surface area contributed by atoms with Crippen molar-refractivity contribution < 1.29 is 22.0 Å². The van der Waals surface area contributed by atoms with E-state index in [1.54, 1.807) is 12.1 Å². The third kappa shape index (κ3) is 2.40. The average molecular weight is 315 g/mol. The van der Waals surface area contributed by atoms with Crippen molar-refractivity contribution in [2.45, 2.75) is 5.51 Å². The molecule has 1 atom stereocenters. The van der Waals surface area contributed by atoms with Gasteiger partial charge in [0.05, 0.1) is 5.56 Å². The van der Waals surface area contributed by atoms with E-state index in [9.17, 15) is 22.0 Å². The zero-order valence-electron chi connectivity index (χ0n) is 10.4. The lowest BCUT2D eigenvalue weighted by Crippen LogP contribution is -1.97. The molecule has 0 N–H and O–H groups in total. The SMILES string of the molecule is Fc1ccc(-c2cc3ccccc3[s+]2C(F)(F)F)c(F)c1. The van der Waals surface area contributed by atoms with Crippen LogP contribution in [-0.4, -0.2) is 0 Å². The van der Waals surface area contributed by atoms with Gasteiger partial charge in [0.1, 0.15) is 22.1 Å². The molecule has 0 amide bonds. The summed E-state index contributed by atoms with van der Waals surface area (Å²) in [5.41, 5.74) is -4.73. The molecule has 6 heteroatoms. The average Bonchev–Trinajstić information content (AvgIpc) is 2.77. The molecule has 0 bridgehead atoms. The van der Waals surface area contributed by atoms with Crippen molar-refractivity contribution in [1.82, 2.24) is 0 Å². The third-order valence-corrected chi connectivity index (χ3v) is 5.13. The summed E-state index contributed by atoms with van der Waals surface area (Å²) < 4.78 is 67.0. The van der Waals surface area contributed by atoms with Gasteiger partial charge >= 0.3 is 5.51 Å². The van der Waals surface area contributed by atoms with Crippen LogP contribution in [-0.2, 0) is 5.51 Å². The van der Waals surface area contributed by atoms with Crippen molar-refractivity contribution in [3.8, 4) is 10.4 Å². The summed E-state index contributed by atoms with van der Waals surface area (Å²) in [6, 6.07) is 10.00. The van der Waals surface area contributed by atoms with E-state index >= 15 is 0 Å². The number of halogens is 5. The maximum Gasteiger partial charge on any atom is 0.601 e. The van der Waals surface area contributed by atoms with Gasteiger partial charge in [0.15, 0.2) is 9.58 Å². The zero-order chi connectivity index (χ0) is 15.2. The predicted octanol–water partition coefficient (Wildman–Crippen LogP) is 6.01. The number of hydrogen-bond acceptors (Lipinski definition) is 0. The first kappa shape index (κ1) is 14.0. The van der Waals surface area contributed by atoms with Gasteiger partial charge in [-0.05, 0) is 24.3 Å². The molecule has 1 aromatic heterocycles. The van der Waals surface area contributed by atoms with Crippen LogP contribution in [0.15, 0.2) is 48.5 Å². The molecule has 3 aromatic rings. The lowest BCUT2D eigenvalue weighted by molar-refractivity contribution is -0.0864. The highest BCUT2D eigenvalue weighted by Crippen LogP contribution is 2.54. The van der Waals surface area contributed by atoms with Crippen molar-refractivity contribution >= 4 is 20.6 Å². The summed E-state index contributed by atoms with van der Waals surface area (Å²) >= 11 is 0. The van der Waals surface area contributed by atoms with E-state index in [0.29, 0.717) is 11.5 Å². The van der Waals surface area contributed by atoms with Gasteiger partial charge in [-0.25, -0.2) is 8.78 Å². The van der Waals surface area contributed by atoms with Crippen LogP contribution in [0.5, 0.6) is 0 Å². The summed E-state index contributed by atoms with van der Waals surface area (Å²) in [5.74, 6) is -1.81. The van der Waals surface area contributed by atoms with Gasteiger partial charge in [-0.3, -0.25) is 0 Å². The van der Waals surface area contributed by atoms with Crippen LogP contribution in [0.4, 0.5) is 22.0 Å². The normalized spacial score (nSPS) is 12.9. The maximum atomic E-state index is 13.8. The Balaban J connectivity index is 2.37. The molecule has 0 saturated carbocycles. The van der Waals surface area contributed by atoms with Gasteiger partial charge < -0.3 is 0 Å². The fraction of sp³-hybridized carbons (Fsp3) is 0.0667. The Bertz CT molecular complexity index is 817. The molecule has 2 aromatic carbocycles. The minimum atomic E-state index is -4.51. The molecule has 0 radical (unpaired) electrons. The quantitative estimate of drug-likeness (QED) is 0.381. The minimum absolute atomic E-state index is 0.115. The van der Waals surface area contributed by atoms with Crippen LogP contribution in [0.1, 0.15) is 0 Å². The number of fused-ring (bicyclic) bond motifs is 1. The second-order valence-corrected chi connectivity index (χ2v) is 6.38. The van der Waals surface area contributed by atoms with E-state index < -0.39 is 27.6 Å². The van der Waals surface area contributed by atoms with E-state index in [1.807, 2.05) is 0 Å². The molecule has 0 aliphatic carbocycles. The highest BCUT2D eigenvalue weighted by atomic mass is 32.2. The zero-order valence-corrected chi connectivity index (χ0v) is 11.2. The van der Waals surface area contributed by atoms with Gasteiger partial charge in [-0.1, -0.05) is 12.1 Å². The van der Waals surface area contributed by atoms with Crippen molar-refractivity contribution in [1.29, 1.82) is 0 Å². The highest BCUT2D eigenvalue weighted by molar-refractivity contribution is 7.41. The number of benzene rings is 2. The van der Waals surface area contributed by atoms with Gasteiger partial charge in [-0.15, -0.1) is 13.2 Å². The first-order chi connectivity index (χ1) is 9.88. The highest BCUT2D eigenvalue weighted by Gasteiger charge is 2.48. The van der Waals surface area contributed by atoms with Crippen LogP contribution in [0.3, 0.4) is 0 Å². The molecule has 3 rings (SSSR count). The second-order valence-electron chi connectivity index (χ2n) is 4.42. The topological polar surface area (TPSA) is 0 Å². The van der Waals surface area contributed by atoms with E-state index in [-0.39, 0.29) is 15.1 Å². The number of hydrogen-bond donors (Lipinski definition) is 0. The smallest absolute Gasteiger partial charge is 0.207 e. The number of alkyl halides is 3. The summed E-state index contributed by atoms with van der Waals surface area (Å²) in [6.07, 6.45) is 0. The summed E-state index contributed by atoms with van der Waals surface area (Å²) in [4.78, 5) is -0.166. The molecule has 0 spiro atoms. The maximum absolute atomic E-state index is 13.8. The van der Waals surface area contributed by atoms with E-state index in [2.05, 4.69) is 0 Å². The standard InChI is InChI=1S/C15H8F5S/c16-10-5-6-11(12(17)8-10)14-7-9-3-1-2-4-13(9)21(14)15(18,19)20/h1-8H/q+1. The van der Waals surface area contributed by atoms with Crippen molar-refractivity contribution in [2.24, 2.45) is 0 Å². The Labute approximate surface area is 119 Å². The fourth-order valence-electron chi connectivity index (χ4n) is 2.23. The summed E-state index contributed by atoms with van der Waals surface area (Å²) in [6.45, 7) is 0. The van der Waals surface area contributed by atoms with Crippen LogP contribution >= 0.6 is 10.5 Å². The van der Waals surface area contributed by atoms with E-state index in [0.717, 1.165) is 12.1 Å². The second kappa shape index (κ2) is 4.80. The predicted molar refractivity (Wildman–Crippen MR) is 73.1 cm³/mol. The van der Waals surface area contributed by atoms with Gasteiger partial charge in [-0.2, -0.15) is 0 Å². The lowest BCUT2D eigenvalue weighted by Gasteiger charge is -2.02. The van der Waals surface area contributed by atoms with Crippen molar-refractivity contribution in [2.75, 3.05) is 0 Å². The molecule has 1 unspecified atom stereocenters. The first-order valence-electron chi connectivity index (χ1n) is 5.95. The molecule has 0 aliphatic heterocycles. The van der Waals surface area contributed by atoms with Crippen molar-refractivity contribution in [3.05, 3.63) is 60.2 Å². The molecular formula is C15H8F5S+. The van der Waals surface area contributed by atoms with Gasteiger partial charge in [0.25, 0.3) is 0 Å². The summed E-state index contributed by atoms with van der Waals surface area (Å²) in [7, 11) is -2.23. The minimum Gasteiger partial charge on any atom is -0.207 e. The third-order valence-electron chi connectivity index (χ3n) is 3.07.